The summed E-state index contributed by atoms with van der Waals surface area (Å²) in [4.78, 5) is 14.7. The second-order valence-electron chi connectivity index (χ2n) is 7.01. The SMILES string of the molecule is COc1ccc(Cl)cc1CC1CCCN(C(=O)[C@@H]2CC[C@H](CN)O2)C1. The molecule has 1 aromatic carbocycles. The summed E-state index contributed by atoms with van der Waals surface area (Å²) in [6.07, 6.45) is 4.37. The van der Waals surface area contributed by atoms with Crippen LogP contribution in [0.3, 0.4) is 0 Å². The van der Waals surface area contributed by atoms with E-state index in [9.17, 15) is 4.79 Å². The van der Waals surface area contributed by atoms with Crippen molar-refractivity contribution in [3.05, 3.63) is 28.8 Å². The Balaban J connectivity index is 1.62. The molecule has 1 unspecified atom stereocenters. The first-order valence-corrected chi connectivity index (χ1v) is 9.45. The number of hydrogen-bond donors (Lipinski definition) is 1. The number of ether oxygens (including phenoxy) is 2. The fourth-order valence-electron chi connectivity index (χ4n) is 3.91. The van der Waals surface area contributed by atoms with E-state index < -0.39 is 0 Å². The highest BCUT2D eigenvalue weighted by atomic mass is 35.5. The van der Waals surface area contributed by atoms with Gasteiger partial charge in [0.15, 0.2) is 0 Å². The smallest absolute Gasteiger partial charge is 0.251 e. The summed E-state index contributed by atoms with van der Waals surface area (Å²) in [5.41, 5.74) is 6.76. The summed E-state index contributed by atoms with van der Waals surface area (Å²) >= 11 is 6.14. The van der Waals surface area contributed by atoms with Crippen LogP contribution in [-0.4, -0.2) is 49.8 Å². The van der Waals surface area contributed by atoms with E-state index in [0.717, 1.165) is 56.5 Å². The Hall–Kier alpha value is -1.30. The van der Waals surface area contributed by atoms with Crippen molar-refractivity contribution in [1.29, 1.82) is 0 Å². The maximum absolute atomic E-state index is 12.8. The lowest BCUT2D eigenvalue weighted by atomic mass is 9.90. The molecular weight excluding hydrogens is 340 g/mol. The summed E-state index contributed by atoms with van der Waals surface area (Å²) < 4.78 is 11.2. The van der Waals surface area contributed by atoms with Crippen LogP contribution in [0, 0.1) is 5.92 Å². The zero-order valence-corrected chi connectivity index (χ0v) is 15.5. The molecule has 2 fully saturated rings. The van der Waals surface area contributed by atoms with Gasteiger partial charge in [0.25, 0.3) is 5.91 Å². The van der Waals surface area contributed by atoms with Gasteiger partial charge in [-0.1, -0.05) is 11.6 Å². The number of amides is 1. The Morgan fingerprint density at radius 2 is 2.24 bits per heavy atom. The minimum Gasteiger partial charge on any atom is -0.496 e. The van der Waals surface area contributed by atoms with Crippen molar-refractivity contribution in [3.63, 3.8) is 0 Å². The Labute approximate surface area is 154 Å². The number of rotatable bonds is 5. The second-order valence-corrected chi connectivity index (χ2v) is 7.45. The summed E-state index contributed by atoms with van der Waals surface area (Å²) in [5.74, 6) is 1.40. The van der Waals surface area contributed by atoms with E-state index in [-0.39, 0.29) is 18.1 Å². The van der Waals surface area contributed by atoms with E-state index in [2.05, 4.69) is 0 Å². The Bertz CT molecular complexity index is 610. The Morgan fingerprint density at radius 1 is 1.40 bits per heavy atom. The van der Waals surface area contributed by atoms with Crippen LogP contribution >= 0.6 is 11.6 Å². The van der Waals surface area contributed by atoms with Gasteiger partial charge in [0.1, 0.15) is 11.9 Å². The molecule has 138 valence electrons. The highest BCUT2D eigenvalue weighted by Crippen LogP contribution is 2.29. The molecular formula is C19H27ClN2O3. The van der Waals surface area contributed by atoms with E-state index in [4.69, 9.17) is 26.8 Å². The van der Waals surface area contributed by atoms with Crippen LogP contribution in [0.1, 0.15) is 31.2 Å². The van der Waals surface area contributed by atoms with Gasteiger partial charge in [-0.25, -0.2) is 0 Å². The van der Waals surface area contributed by atoms with Crippen molar-refractivity contribution >= 4 is 17.5 Å². The second kappa shape index (κ2) is 8.39. The number of carbonyl (C=O) groups excluding carboxylic acids is 1. The zero-order chi connectivity index (χ0) is 17.8. The molecule has 25 heavy (non-hydrogen) atoms. The van der Waals surface area contributed by atoms with E-state index in [1.807, 2.05) is 23.1 Å². The normalized spacial score (nSPS) is 26.7. The summed E-state index contributed by atoms with van der Waals surface area (Å²) in [6.45, 7) is 2.07. The van der Waals surface area contributed by atoms with Crippen molar-refractivity contribution in [2.24, 2.45) is 11.7 Å². The van der Waals surface area contributed by atoms with Crippen LogP contribution in [0.5, 0.6) is 5.75 Å². The van der Waals surface area contributed by atoms with Crippen LogP contribution in [0.4, 0.5) is 0 Å². The molecule has 3 atom stereocenters. The van der Waals surface area contributed by atoms with Gasteiger partial charge in [0, 0.05) is 24.7 Å². The first-order valence-electron chi connectivity index (χ1n) is 9.07. The number of halogens is 1. The number of nitrogens with zero attached hydrogens (tertiary/aromatic N) is 1. The largest absolute Gasteiger partial charge is 0.496 e. The maximum Gasteiger partial charge on any atom is 0.251 e. The zero-order valence-electron chi connectivity index (χ0n) is 14.7. The fraction of sp³-hybridized carbons (Fsp3) is 0.632. The van der Waals surface area contributed by atoms with Gasteiger partial charge in [-0.15, -0.1) is 0 Å². The van der Waals surface area contributed by atoms with E-state index in [0.29, 0.717) is 17.5 Å². The average Bonchev–Trinajstić information content (AvgIpc) is 3.11. The first kappa shape index (κ1) is 18.5. The highest BCUT2D eigenvalue weighted by molar-refractivity contribution is 6.30. The van der Waals surface area contributed by atoms with E-state index in [1.54, 1.807) is 7.11 Å². The lowest BCUT2D eigenvalue weighted by Gasteiger charge is -2.34. The van der Waals surface area contributed by atoms with Gasteiger partial charge < -0.3 is 20.1 Å². The van der Waals surface area contributed by atoms with Gasteiger partial charge in [0.2, 0.25) is 0 Å². The number of hydrogen-bond acceptors (Lipinski definition) is 4. The van der Waals surface area contributed by atoms with Crippen molar-refractivity contribution < 1.29 is 14.3 Å². The lowest BCUT2D eigenvalue weighted by molar-refractivity contribution is -0.144. The molecule has 1 amide bonds. The molecule has 2 heterocycles. The van der Waals surface area contributed by atoms with Gasteiger partial charge in [-0.3, -0.25) is 4.79 Å². The topological polar surface area (TPSA) is 64.8 Å². The highest BCUT2D eigenvalue weighted by Gasteiger charge is 2.34. The van der Waals surface area contributed by atoms with Crippen molar-refractivity contribution in [1.82, 2.24) is 4.90 Å². The molecule has 2 aliphatic rings. The summed E-state index contributed by atoms with van der Waals surface area (Å²) in [5, 5.41) is 0.715. The monoisotopic (exact) mass is 366 g/mol. The van der Waals surface area contributed by atoms with Crippen LogP contribution < -0.4 is 10.5 Å². The molecule has 3 rings (SSSR count). The molecule has 6 heteroatoms. The predicted octanol–water partition coefficient (Wildman–Crippen LogP) is 2.64. The third-order valence-electron chi connectivity index (χ3n) is 5.23. The number of nitrogens with two attached hydrogens (primary N) is 1. The Morgan fingerprint density at radius 3 is 2.96 bits per heavy atom. The van der Waals surface area contributed by atoms with Crippen molar-refractivity contribution in [2.75, 3.05) is 26.7 Å². The minimum atomic E-state index is -0.312. The standard InChI is InChI=1S/C19H27ClN2O3/c1-24-17-6-4-15(20)10-14(17)9-13-3-2-8-22(12-13)19(23)18-7-5-16(11-21)25-18/h4,6,10,13,16,18H,2-3,5,7-9,11-12,21H2,1H3/t13?,16-,18+/m1/s1. The van der Waals surface area contributed by atoms with Crippen LogP contribution in [0.2, 0.25) is 5.02 Å². The number of methoxy groups -OCH3 is 1. The molecule has 0 bridgehead atoms. The maximum atomic E-state index is 12.8. The molecule has 1 aromatic rings. The molecule has 0 radical (unpaired) electrons. The van der Waals surface area contributed by atoms with Crippen molar-refractivity contribution in [3.8, 4) is 5.75 Å². The predicted molar refractivity (Wildman–Crippen MR) is 98.0 cm³/mol. The number of likely N-dealkylation sites (tertiary alicyclic amines) is 1. The molecule has 2 saturated heterocycles. The van der Waals surface area contributed by atoms with Gasteiger partial charge in [-0.2, -0.15) is 0 Å². The van der Waals surface area contributed by atoms with Crippen LogP contribution in [0.15, 0.2) is 18.2 Å². The number of carbonyl (C=O) groups is 1. The first-order chi connectivity index (χ1) is 12.1. The van der Waals surface area contributed by atoms with Crippen molar-refractivity contribution in [2.45, 2.75) is 44.3 Å². The molecule has 5 nitrogen and oxygen atoms in total. The summed E-state index contributed by atoms with van der Waals surface area (Å²) in [7, 11) is 1.68. The molecule has 0 spiro atoms. The third-order valence-corrected chi connectivity index (χ3v) is 5.46. The fourth-order valence-corrected chi connectivity index (χ4v) is 4.11. The van der Waals surface area contributed by atoms with Crippen LogP contribution in [0.25, 0.3) is 0 Å². The molecule has 2 aliphatic heterocycles. The van der Waals surface area contributed by atoms with Crippen LogP contribution in [-0.2, 0) is 16.0 Å². The third kappa shape index (κ3) is 4.46. The minimum absolute atomic E-state index is 0.0326. The molecule has 0 aliphatic carbocycles. The van der Waals surface area contributed by atoms with E-state index in [1.165, 1.54) is 0 Å². The molecule has 0 saturated carbocycles. The van der Waals surface area contributed by atoms with Gasteiger partial charge in [-0.05, 0) is 61.8 Å². The van der Waals surface area contributed by atoms with Gasteiger partial charge >= 0.3 is 0 Å². The average molecular weight is 367 g/mol. The van der Waals surface area contributed by atoms with Gasteiger partial charge in [0.05, 0.1) is 13.2 Å². The number of benzene rings is 1. The molecule has 2 N–H and O–H groups in total. The summed E-state index contributed by atoms with van der Waals surface area (Å²) in [6, 6.07) is 5.71. The molecule has 0 aromatic heterocycles. The quantitative estimate of drug-likeness (QED) is 0.870. The van der Waals surface area contributed by atoms with E-state index >= 15 is 0 Å². The Kier molecular flexibility index (Phi) is 6.20. The number of piperidine rings is 1. The lowest BCUT2D eigenvalue weighted by Crippen LogP contribution is -2.45.